The van der Waals surface area contributed by atoms with Crippen LogP contribution in [0.3, 0.4) is 0 Å². The second-order valence-electron chi connectivity index (χ2n) is 7.17. The Balaban J connectivity index is 1.71. The van der Waals surface area contributed by atoms with Crippen LogP contribution in [0.15, 0.2) is 41.0 Å². The molecule has 4 rings (SSSR count). The lowest BCUT2D eigenvalue weighted by Gasteiger charge is -2.20. The lowest BCUT2D eigenvalue weighted by Crippen LogP contribution is -2.39. The van der Waals surface area contributed by atoms with E-state index in [4.69, 9.17) is 9.15 Å². The largest absolute Gasteiger partial charge is 0.492 e. The summed E-state index contributed by atoms with van der Waals surface area (Å²) in [6.07, 6.45) is 2.49. The van der Waals surface area contributed by atoms with Gasteiger partial charge in [-0.05, 0) is 55.6 Å². The first-order valence-electron chi connectivity index (χ1n) is 9.08. The van der Waals surface area contributed by atoms with Gasteiger partial charge in [0.15, 0.2) is 0 Å². The van der Waals surface area contributed by atoms with Crippen molar-refractivity contribution in [2.45, 2.75) is 18.8 Å². The van der Waals surface area contributed by atoms with Gasteiger partial charge in [-0.15, -0.1) is 0 Å². The van der Waals surface area contributed by atoms with Crippen molar-refractivity contribution < 1.29 is 18.7 Å². The van der Waals surface area contributed by atoms with Crippen molar-refractivity contribution in [1.82, 2.24) is 10.2 Å². The molecule has 140 valence electrons. The van der Waals surface area contributed by atoms with E-state index >= 15 is 0 Å². The number of likely N-dealkylation sites (N-methyl/N-ethyl adjacent to an activating group) is 1. The fraction of sp³-hybridized carbons (Fsp3) is 0.333. The zero-order valence-electron chi connectivity index (χ0n) is 15.5. The highest BCUT2D eigenvalue weighted by Gasteiger charge is 2.30. The van der Waals surface area contributed by atoms with E-state index < -0.39 is 0 Å². The second kappa shape index (κ2) is 7.04. The van der Waals surface area contributed by atoms with E-state index in [0.717, 1.165) is 39.6 Å². The van der Waals surface area contributed by atoms with Gasteiger partial charge in [0.25, 0.3) is 0 Å². The van der Waals surface area contributed by atoms with E-state index in [0.29, 0.717) is 19.4 Å². The second-order valence-corrected chi connectivity index (χ2v) is 7.17. The molecule has 0 radical (unpaired) electrons. The quantitative estimate of drug-likeness (QED) is 0.703. The number of nitrogens with one attached hydrogen (secondary N) is 1. The molecule has 6 heteroatoms. The number of fused-ring (bicyclic) bond motifs is 3. The van der Waals surface area contributed by atoms with Gasteiger partial charge < -0.3 is 14.1 Å². The minimum absolute atomic E-state index is 0.214. The predicted octanol–water partition coefficient (Wildman–Crippen LogP) is 3.05. The molecule has 0 aliphatic carbocycles. The molecule has 27 heavy (non-hydrogen) atoms. The van der Waals surface area contributed by atoms with Crippen LogP contribution in [0.5, 0.6) is 5.75 Å². The summed E-state index contributed by atoms with van der Waals surface area (Å²) in [6.45, 7) is 1.46. The van der Waals surface area contributed by atoms with Crippen LogP contribution in [-0.4, -0.2) is 44.0 Å². The van der Waals surface area contributed by atoms with Gasteiger partial charge in [0.2, 0.25) is 11.8 Å². The van der Waals surface area contributed by atoms with E-state index in [2.05, 4.69) is 10.2 Å². The maximum atomic E-state index is 12.3. The number of carbonyl (C=O) groups is 2. The third-order valence-electron chi connectivity index (χ3n) is 4.98. The minimum atomic E-state index is -0.370. The molecule has 0 spiro atoms. The number of nitrogens with zero attached hydrogens (tertiary/aromatic N) is 1. The summed E-state index contributed by atoms with van der Waals surface area (Å²) < 4.78 is 11.5. The summed E-state index contributed by atoms with van der Waals surface area (Å²) in [7, 11) is 4.02. The third-order valence-corrected chi connectivity index (χ3v) is 4.98. The van der Waals surface area contributed by atoms with Crippen molar-refractivity contribution in [3.63, 3.8) is 0 Å². The molecule has 1 atom stereocenters. The van der Waals surface area contributed by atoms with Crippen molar-refractivity contribution in [2.75, 3.05) is 27.2 Å². The number of hydrogen-bond acceptors (Lipinski definition) is 5. The molecule has 2 amide bonds. The Labute approximate surface area is 157 Å². The molecule has 1 aliphatic rings. The highest BCUT2D eigenvalue weighted by atomic mass is 16.5. The number of rotatable bonds is 5. The van der Waals surface area contributed by atoms with E-state index in [1.165, 1.54) is 0 Å². The predicted molar refractivity (Wildman–Crippen MR) is 103 cm³/mol. The Hall–Kier alpha value is -2.86. The Bertz CT molecular complexity index is 1020. The first-order chi connectivity index (χ1) is 13.0. The molecule has 0 bridgehead atoms. The van der Waals surface area contributed by atoms with Crippen LogP contribution in [0, 0.1) is 0 Å². The molecular weight excluding hydrogens is 344 g/mol. The zero-order valence-corrected chi connectivity index (χ0v) is 15.5. The van der Waals surface area contributed by atoms with Gasteiger partial charge in [-0.25, -0.2) is 0 Å². The van der Waals surface area contributed by atoms with Gasteiger partial charge in [-0.2, -0.15) is 0 Å². The van der Waals surface area contributed by atoms with Crippen molar-refractivity contribution in [1.29, 1.82) is 0 Å². The maximum absolute atomic E-state index is 12.3. The molecule has 0 saturated carbocycles. The fourth-order valence-electron chi connectivity index (χ4n) is 3.55. The van der Waals surface area contributed by atoms with Crippen molar-refractivity contribution in [3.8, 4) is 5.75 Å². The minimum Gasteiger partial charge on any atom is -0.492 e. The van der Waals surface area contributed by atoms with Gasteiger partial charge in [-0.1, -0.05) is 6.07 Å². The molecule has 6 nitrogen and oxygen atoms in total. The molecule has 1 aromatic heterocycles. The van der Waals surface area contributed by atoms with Crippen LogP contribution in [0.1, 0.15) is 24.3 Å². The van der Waals surface area contributed by atoms with E-state index in [1.807, 2.05) is 44.4 Å². The number of hydrogen-bond donors (Lipinski definition) is 1. The number of amides is 2. The summed E-state index contributed by atoms with van der Waals surface area (Å²) in [4.78, 5) is 25.8. The van der Waals surface area contributed by atoms with Gasteiger partial charge in [0.1, 0.15) is 17.9 Å². The van der Waals surface area contributed by atoms with Crippen molar-refractivity contribution in [3.05, 3.63) is 42.2 Å². The number of carbonyl (C=O) groups excluding carboxylic acids is 2. The Morgan fingerprint density at radius 2 is 2.07 bits per heavy atom. The van der Waals surface area contributed by atoms with Gasteiger partial charge in [-0.3, -0.25) is 14.9 Å². The van der Waals surface area contributed by atoms with Crippen LogP contribution < -0.4 is 10.1 Å². The summed E-state index contributed by atoms with van der Waals surface area (Å²) in [5.74, 6) is -0.0247. The van der Waals surface area contributed by atoms with Crippen LogP contribution in [0.25, 0.3) is 21.7 Å². The van der Waals surface area contributed by atoms with Crippen molar-refractivity contribution in [2.24, 2.45) is 0 Å². The normalized spacial score (nSPS) is 17.7. The number of benzene rings is 2. The van der Waals surface area contributed by atoms with E-state index in [9.17, 15) is 9.59 Å². The zero-order chi connectivity index (χ0) is 19.0. The number of piperidine rings is 1. The average molecular weight is 366 g/mol. The average Bonchev–Trinajstić information content (AvgIpc) is 3.05. The molecule has 1 aliphatic heterocycles. The van der Waals surface area contributed by atoms with Crippen molar-refractivity contribution >= 4 is 33.6 Å². The first kappa shape index (κ1) is 17.5. The van der Waals surface area contributed by atoms with E-state index in [1.54, 1.807) is 6.26 Å². The molecule has 1 saturated heterocycles. The van der Waals surface area contributed by atoms with Crippen LogP contribution >= 0.6 is 0 Å². The lowest BCUT2D eigenvalue weighted by molar-refractivity contribution is -0.134. The molecule has 2 heterocycles. The summed E-state index contributed by atoms with van der Waals surface area (Å²) in [5, 5.41) is 5.40. The molecule has 1 N–H and O–H groups in total. The number of furan rings is 1. The third kappa shape index (κ3) is 3.40. The van der Waals surface area contributed by atoms with Crippen LogP contribution in [0.2, 0.25) is 0 Å². The molecule has 2 aromatic carbocycles. The van der Waals surface area contributed by atoms with Gasteiger partial charge in [0.05, 0.1) is 12.2 Å². The SMILES string of the molecule is CN(C)CCOc1ccc2c(ccc3occ([C@H]4CCC(=O)NC4=O)c32)c1. The highest BCUT2D eigenvalue weighted by molar-refractivity contribution is 6.10. The summed E-state index contributed by atoms with van der Waals surface area (Å²) >= 11 is 0. The van der Waals surface area contributed by atoms with Crippen LogP contribution in [-0.2, 0) is 9.59 Å². The summed E-state index contributed by atoms with van der Waals surface area (Å²) in [6, 6.07) is 9.86. The standard InChI is InChI=1S/C21H22N2O4/c1-23(2)9-10-26-14-4-5-15-13(11-14)3-7-18-20(15)17(12-27-18)16-6-8-19(24)22-21(16)25/h3-5,7,11-12,16H,6,8-10H2,1-2H3,(H,22,24,25)/t16-/m1/s1. The first-order valence-corrected chi connectivity index (χ1v) is 9.08. The van der Waals surface area contributed by atoms with Gasteiger partial charge in [0, 0.05) is 23.9 Å². The maximum Gasteiger partial charge on any atom is 0.234 e. The molecule has 1 fully saturated rings. The lowest BCUT2D eigenvalue weighted by atomic mass is 9.89. The molecule has 0 unspecified atom stereocenters. The molecular formula is C21H22N2O4. The topological polar surface area (TPSA) is 71.8 Å². The molecule has 3 aromatic rings. The number of imide groups is 1. The highest BCUT2D eigenvalue weighted by Crippen LogP contribution is 2.37. The van der Waals surface area contributed by atoms with E-state index in [-0.39, 0.29) is 17.7 Å². The fourth-order valence-corrected chi connectivity index (χ4v) is 3.55. The number of ether oxygens (including phenoxy) is 1. The Morgan fingerprint density at radius 3 is 2.85 bits per heavy atom. The van der Waals surface area contributed by atoms with Gasteiger partial charge >= 0.3 is 0 Å². The van der Waals surface area contributed by atoms with Crippen LogP contribution in [0.4, 0.5) is 0 Å². The monoisotopic (exact) mass is 366 g/mol. The summed E-state index contributed by atoms with van der Waals surface area (Å²) in [5.41, 5.74) is 1.57. The smallest absolute Gasteiger partial charge is 0.234 e. The Morgan fingerprint density at radius 1 is 1.22 bits per heavy atom. The Kier molecular flexibility index (Phi) is 4.58.